The largest absolute Gasteiger partial charge is 0.479 e. The quantitative estimate of drug-likeness (QED) is 0.879. The second-order valence-corrected chi connectivity index (χ2v) is 3.99. The van der Waals surface area contributed by atoms with Gasteiger partial charge in [-0.3, -0.25) is 0 Å². The van der Waals surface area contributed by atoms with Crippen molar-refractivity contribution in [3.63, 3.8) is 0 Å². The molecule has 0 saturated carbocycles. The van der Waals surface area contributed by atoms with Crippen LogP contribution >= 0.6 is 0 Å². The SMILES string of the molecule is Cc1cn(C(C(=O)O)c2ccccc2)c(C)n1. The summed E-state index contributed by atoms with van der Waals surface area (Å²) in [6.07, 6.45) is 1.76. The van der Waals surface area contributed by atoms with Crippen LogP contribution in [0.2, 0.25) is 0 Å². The van der Waals surface area contributed by atoms with Gasteiger partial charge in [0.05, 0.1) is 5.69 Å². The van der Waals surface area contributed by atoms with Gasteiger partial charge in [0.25, 0.3) is 0 Å². The van der Waals surface area contributed by atoms with Crippen molar-refractivity contribution in [1.82, 2.24) is 9.55 Å². The van der Waals surface area contributed by atoms with Gasteiger partial charge >= 0.3 is 5.97 Å². The van der Waals surface area contributed by atoms with Crippen molar-refractivity contribution in [2.24, 2.45) is 0 Å². The number of carbonyl (C=O) groups is 1. The highest BCUT2D eigenvalue weighted by Crippen LogP contribution is 2.20. The molecular weight excluding hydrogens is 216 g/mol. The van der Waals surface area contributed by atoms with Gasteiger partial charge in [-0.1, -0.05) is 30.3 Å². The van der Waals surface area contributed by atoms with Gasteiger partial charge in [-0.2, -0.15) is 0 Å². The summed E-state index contributed by atoms with van der Waals surface area (Å²) in [7, 11) is 0. The van der Waals surface area contributed by atoms with E-state index >= 15 is 0 Å². The fourth-order valence-corrected chi connectivity index (χ4v) is 1.96. The normalized spacial score (nSPS) is 12.4. The first kappa shape index (κ1) is 11.4. The topological polar surface area (TPSA) is 55.1 Å². The van der Waals surface area contributed by atoms with Gasteiger partial charge in [0.15, 0.2) is 6.04 Å². The Kier molecular flexibility index (Phi) is 2.95. The van der Waals surface area contributed by atoms with E-state index in [1.54, 1.807) is 10.8 Å². The van der Waals surface area contributed by atoms with Crippen LogP contribution in [-0.2, 0) is 4.79 Å². The van der Waals surface area contributed by atoms with E-state index in [-0.39, 0.29) is 0 Å². The maximum Gasteiger partial charge on any atom is 0.331 e. The van der Waals surface area contributed by atoms with Crippen LogP contribution in [0.15, 0.2) is 36.5 Å². The molecule has 88 valence electrons. The molecule has 1 heterocycles. The smallest absolute Gasteiger partial charge is 0.331 e. The molecule has 0 aliphatic rings. The first-order valence-corrected chi connectivity index (χ1v) is 5.39. The van der Waals surface area contributed by atoms with E-state index in [0.717, 1.165) is 11.3 Å². The summed E-state index contributed by atoms with van der Waals surface area (Å²) in [5, 5.41) is 9.37. The van der Waals surface area contributed by atoms with Gasteiger partial charge in [-0.25, -0.2) is 9.78 Å². The third kappa shape index (κ3) is 2.20. The molecule has 4 nitrogen and oxygen atoms in total. The maximum absolute atomic E-state index is 11.4. The number of hydrogen-bond acceptors (Lipinski definition) is 2. The van der Waals surface area contributed by atoms with E-state index in [9.17, 15) is 9.90 Å². The summed E-state index contributed by atoms with van der Waals surface area (Å²) < 4.78 is 1.69. The average molecular weight is 230 g/mol. The average Bonchev–Trinajstić information content (AvgIpc) is 2.59. The number of carboxylic acids is 1. The molecule has 17 heavy (non-hydrogen) atoms. The zero-order chi connectivity index (χ0) is 12.4. The second kappa shape index (κ2) is 4.41. The Bertz CT molecular complexity index is 532. The lowest BCUT2D eigenvalue weighted by atomic mass is 10.1. The van der Waals surface area contributed by atoms with Crippen molar-refractivity contribution < 1.29 is 9.90 Å². The minimum atomic E-state index is -0.878. The third-order valence-electron chi connectivity index (χ3n) is 2.67. The van der Waals surface area contributed by atoms with Gasteiger partial charge in [0.1, 0.15) is 5.82 Å². The lowest BCUT2D eigenvalue weighted by molar-refractivity contribution is -0.139. The predicted octanol–water partition coefficient (Wildman–Crippen LogP) is 2.17. The molecule has 0 fully saturated rings. The molecule has 1 aromatic heterocycles. The molecule has 0 amide bonds. The van der Waals surface area contributed by atoms with Crippen LogP contribution in [-0.4, -0.2) is 20.6 Å². The number of rotatable bonds is 3. The molecule has 0 aliphatic carbocycles. The molecule has 0 saturated heterocycles. The van der Waals surface area contributed by atoms with Gasteiger partial charge in [0, 0.05) is 6.20 Å². The van der Waals surface area contributed by atoms with Crippen LogP contribution in [0.1, 0.15) is 23.1 Å². The predicted molar refractivity (Wildman–Crippen MR) is 63.9 cm³/mol. The molecule has 0 radical (unpaired) electrons. The lowest BCUT2D eigenvalue weighted by Gasteiger charge is -2.15. The Labute approximate surface area is 99.5 Å². The minimum Gasteiger partial charge on any atom is -0.479 e. The van der Waals surface area contributed by atoms with Gasteiger partial charge in [0.2, 0.25) is 0 Å². The van der Waals surface area contributed by atoms with E-state index in [1.165, 1.54) is 0 Å². The van der Waals surface area contributed by atoms with Crippen molar-refractivity contribution in [3.8, 4) is 0 Å². The highest BCUT2D eigenvalue weighted by Gasteiger charge is 2.23. The van der Waals surface area contributed by atoms with Gasteiger partial charge < -0.3 is 9.67 Å². The number of aliphatic carboxylic acids is 1. The molecule has 0 bridgehead atoms. The number of nitrogens with zero attached hydrogens (tertiary/aromatic N) is 2. The van der Waals surface area contributed by atoms with Gasteiger partial charge in [-0.05, 0) is 19.4 Å². The van der Waals surface area contributed by atoms with Crippen LogP contribution in [0.3, 0.4) is 0 Å². The Morgan fingerprint density at radius 3 is 2.41 bits per heavy atom. The molecule has 1 unspecified atom stereocenters. The van der Waals surface area contributed by atoms with Crippen LogP contribution in [0, 0.1) is 13.8 Å². The van der Waals surface area contributed by atoms with E-state index in [0.29, 0.717) is 5.82 Å². The first-order valence-electron chi connectivity index (χ1n) is 5.39. The summed E-state index contributed by atoms with van der Waals surface area (Å²) >= 11 is 0. The highest BCUT2D eigenvalue weighted by molar-refractivity contribution is 5.76. The molecule has 1 atom stereocenters. The van der Waals surface area contributed by atoms with Crippen LogP contribution < -0.4 is 0 Å². The fraction of sp³-hybridized carbons (Fsp3) is 0.231. The number of benzene rings is 1. The lowest BCUT2D eigenvalue weighted by Crippen LogP contribution is -2.20. The van der Waals surface area contributed by atoms with Gasteiger partial charge in [-0.15, -0.1) is 0 Å². The zero-order valence-corrected chi connectivity index (χ0v) is 9.79. The van der Waals surface area contributed by atoms with Crippen molar-refractivity contribution in [2.45, 2.75) is 19.9 Å². The number of hydrogen-bond donors (Lipinski definition) is 1. The van der Waals surface area contributed by atoms with Crippen LogP contribution in [0.4, 0.5) is 0 Å². The standard InChI is InChI=1S/C13H14N2O2/c1-9-8-15(10(2)14-9)12(13(16)17)11-6-4-3-5-7-11/h3-8,12H,1-2H3,(H,16,17). The van der Waals surface area contributed by atoms with Crippen molar-refractivity contribution >= 4 is 5.97 Å². The zero-order valence-electron chi connectivity index (χ0n) is 9.79. The summed E-state index contributed by atoms with van der Waals surface area (Å²) in [5.74, 6) is -0.171. The monoisotopic (exact) mass is 230 g/mol. The molecule has 1 aromatic carbocycles. The molecular formula is C13H14N2O2. The van der Waals surface area contributed by atoms with Crippen LogP contribution in [0.5, 0.6) is 0 Å². The van der Waals surface area contributed by atoms with Crippen LogP contribution in [0.25, 0.3) is 0 Å². The minimum absolute atomic E-state index is 0.707. The van der Waals surface area contributed by atoms with E-state index in [1.807, 2.05) is 44.2 Å². The summed E-state index contributed by atoms with van der Waals surface area (Å²) in [6, 6.07) is 8.46. The highest BCUT2D eigenvalue weighted by atomic mass is 16.4. The Morgan fingerprint density at radius 2 is 1.94 bits per heavy atom. The maximum atomic E-state index is 11.4. The Morgan fingerprint density at radius 1 is 1.29 bits per heavy atom. The number of imidazole rings is 1. The number of carboxylic acid groups (broad SMARTS) is 1. The molecule has 2 aromatic rings. The van der Waals surface area contributed by atoms with Crippen molar-refractivity contribution in [1.29, 1.82) is 0 Å². The Balaban J connectivity index is 2.50. The third-order valence-corrected chi connectivity index (χ3v) is 2.67. The fourth-order valence-electron chi connectivity index (χ4n) is 1.96. The molecule has 2 rings (SSSR count). The summed E-state index contributed by atoms with van der Waals surface area (Å²) in [6.45, 7) is 3.67. The van der Waals surface area contributed by atoms with Crippen molar-refractivity contribution in [3.05, 3.63) is 53.6 Å². The molecule has 1 N–H and O–H groups in total. The summed E-state index contributed by atoms with van der Waals surface area (Å²) in [4.78, 5) is 15.7. The Hall–Kier alpha value is -2.10. The second-order valence-electron chi connectivity index (χ2n) is 3.99. The van der Waals surface area contributed by atoms with E-state index in [4.69, 9.17) is 0 Å². The van der Waals surface area contributed by atoms with Crippen molar-refractivity contribution in [2.75, 3.05) is 0 Å². The van der Waals surface area contributed by atoms with E-state index in [2.05, 4.69) is 4.98 Å². The molecule has 0 spiro atoms. The molecule has 0 aliphatic heterocycles. The molecule has 4 heteroatoms. The summed E-state index contributed by atoms with van der Waals surface area (Å²) in [5.41, 5.74) is 1.57. The number of aromatic nitrogens is 2. The number of aryl methyl sites for hydroxylation is 2. The first-order chi connectivity index (χ1) is 8.09. The van der Waals surface area contributed by atoms with E-state index < -0.39 is 12.0 Å².